The van der Waals surface area contributed by atoms with Gasteiger partial charge in [0.1, 0.15) is 16.3 Å². The summed E-state index contributed by atoms with van der Waals surface area (Å²) in [6.07, 6.45) is 3.48. The molecule has 0 saturated heterocycles. The molecular weight excluding hydrogens is 541 g/mol. The van der Waals surface area contributed by atoms with Crippen LogP contribution in [0.2, 0.25) is 0 Å². The van der Waals surface area contributed by atoms with Gasteiger partial charge in [0, 0.05) is 42.9 Å². The Labute approximate surface area is 232 Å². The molecule has 0 aliphatic heterocycles. The largest absolute Gasteiger partial charge is 0.433 e. The van der Waals surface area contributed by atoms with Gasteiger partial charge in [-0.05, 0) is 73.6 Å². The number of carbonyl (C=O) groups is 1. The lowest BCUT2D eigenvalue weighted by atomic mass is 9.78. The third-order valence-electron chi connectivity index (χ3n) is 6.84. The Kier molecular flexibility index (Phi) is 7.81. The first-order valence-electron chi connectivity index (χ1n) is 12.7. The highest BCUT2D eigenvalue weighted by molar-refractivity contribution is 7.15. The van der Waals surface area contributed by atoms with Crippen LogP contribution in [0.1, 0.15) is 47.5 Å². The number of pyridine rings is 1. The molecule has 1 saturated carbocycles. The summed E-state index contributed by atoms with van der Waals surface area (Å²) in [5, 5.41) is 17.8. The Morgan fingerprint density at radius 2 is 1.93 bits per heavy atom. The molecule has 3 heterocycles. The van der Waals surface area contributed by atoms with Gasteiger partial charge in [-0.1, -0.05) is 12.1 Å². The molecule has 1 aliphatic rings. The lowest BCUT2D eigenvalue weighted by molar-refractivity contribution is -0.141. The maximum Gasteiger partial charge on any atom is 0.433 e. The first kappa shape index (κ1) is 27.7. The van der Waals surface area contributed by atoms with E-state index in [2.05, 4.69) is 30.6 Å². The van der Waals surface area contributed by atoms with E-state index in [1.54, 1.807) is 30.7 Å². The van der Waals surface area contributed by atoms with E-state index in [4.69, 9.17) is 0 Å². The average Bonchev–Trinajstić information content (AvgIpc) is 3.44. The van der Waals surface area contributed by atoms with E-state index in [0.717, 1.165) is 33.8 Å². The van der Waals surface area contributed by atoms with Gasteiger partial charge in [0.05, 0.1) is 4.88 Å². The molecule has 1 aliphatic carbocycles. The number of nitrogens with zero attached hydrogens (tertiary/aromatic N) is 4. The first-order valence-corrected chi connectivity index (χ1v) is 13.6. The number of rotatable bonds is 7. The highest BCUT2D eigenvalue weighted by atomic mass is 32.1. The number of anilines is 2. The zero-order valence-electron chi connectivity index (χ0n) is 21.6. The molecule has 40 heavy (non-hydrogen) atoms. The molecule has 208 valence electrons. The highest BCUT2D eigenvalue weighted by Gasteiger charge is 2.39. The molecule has 5 rings (SSSR count). The van der Waals surface area contributed by atoms with Crippen molar-refractivity contribution in [2.24, 2.45) is 5.92 Å². The lowest BCUT2D eigenvalue weighted by Crippen LogP contribution is -2.38. The maximum atomic E-state index is 13.0. The number of aromatic nitrogens is 4. The fourth-order valence-corrected chi connectivity index (χ4v) is 5.78. The Bertz CT molecular complexity index is 1490. The van der Waals surface area contributed by atoms with Gasteiger partial charge in [-0.25, -0.2) is 15.0 Å². The molecular formula is C28H27F3N6O2S. The van der Waals surface area contributed by atoms with Crippen LogP contribution in [0, 0.1) is 12.8 Å². The summed E-state index contributed by atoms with van der Waals surface area (Å²) >= 11 is 1.36. The Balaban J connectivity index is 1.24. The van der Waals surface area contributed by atoms with Crippen molar-refractivity contribution < 1.29 is 23.1 Å². The van der Waals surface area contributed by atoms with Gasteiger partial charge in [0.25, 0.3) is 0 Å². The number of aliphatic hydroxyl groups is 1. The van der Waals surface area contributed by atoms with Gasteiger partial charge in [-0.2, -0.15) is 13.2 Å². The summed E-state index contributed by atoms with van der Waals surface area (Å²) < 4.78 is 39.1. The minimum Gasteiger partial charge on any atom is -0.383 e. The number of amides is 1. The molecule has 1 fully saturated rings. The molecule has 0 atom stereocenters. The monoisotopic (exact) mass is 568 g/mol. The summed E-state index contributed by atoms with van der Waals surface area (Å²) in [6, 6.07) is 10.0. The smallest absolute Gasteiger partial charge is 0.383 e. The predicted molar refractivity (Wildman–Crippen MR) is 145 cm³/mol. The van der Waals surface area contributed by atoms with E-state index >= 15 is 0 Å². The van der Waals surface area contributed by atoms with Crippen molar-refractivity contribution >= 4 is 28.9 Å². The molecule has 3 N–H and O–H groups in total. The molecule has 12 heteroatoms. The molecule has 0 radical (unpaired) electrons. The quantitative estimate of drug-likeness (QED) is 0.260. The average molecular weight is 569 g/mol. The Morgan fingerprint density at radius 1 is 1.12 bits per heavy atom. The number of halogens is 3. The van der Waals surface area contributed by atoms with Crippen LogP contribution in [0.3, 0.4) is 0 Å². The number of carbonyl (C=O) groups excluding carboxylic acids is 1. The van der Waals surface area contributed by atoms with Crippen molar-refractivity contribution in [3.8, 4) is 10.4 Å². The van der Waals surface area contributed by atoms with E-state index < -0.39 is 17.5 Å². The summed E-state index contributed by atoms with van der Waals surface area (Å²) in [5.41, 5.74) is 0.971. The summed E-state index contributed by atoms with van der Waals surface area (Å²) in [5.74, 6) is -0.373. The van der Waals surface area contributed by atoms with Crippen molar-refractivity contribution in [3.05, 3.63) is 83.0 Å². The summed E-state index contributed by atoms with van der Waals surface area (Å²) in [4.78, 5) is 29.5. The van der Waals surface area contributed by atoms with E-state index in [9.17, 15) is 23.1 Å². The number of thiazole rings is 1. The second-order valence-corrected chi connectivity index (χ2v) is 10.9. The van der Waals surface area contributed by atoms with Crippen molar-refractivity contribution in [2.45, 2.75) is 50.9 Å². The van der Waals surface area contributed by atoms with Crippen LogP contribution in [-0.4, -0.2) is 30.9 Å². The van der Waals surface area contributed by atoms with Crippen LogP contribution in [0.5, 0.6) is 0 Å². The summed E-state index contributed by atoms with van der Waals surface area (Å²) in [6.45, 7) is 2.29. The third kappa shape index (κ3) is 6.45. The van der Waals surface area contributed by atoms with Crippen molar-refractivity contribution in [1.29, 1.82) is 0 Å². The molecule has 1 amide bonds. The number of nitrogens with one attached hydrogen (secondary N) is 2. The van der Waals surface area contributed by atoms with Crippen LogP contribution < -0.4 is 10.6 Å². The first-order chi connectivity index (χ1) is 19.1. The van der Waals surface area contributed by atoms with Gasteiger partial charge in [0.15, 0.2) is 0 Å². The highest BCUT2D eigenvalue weighted by Crippen LogP contribution is 2.43. The minimum atomic E-state index is -4.57. The van der Waals surface area contributed by atoms with Crippen LogP contribution in [0.4, 0.5) is 24.8 Å². The molecule has 0 spiro atoms. The molecule has 0 bridgehead atoms. The van der Waals surface area contributed by atoms with E-state index in [1.807, 2.05) is 25.1 Å². The van der Waals surface area contributed by atoms with Gasteiger partial charge >= 0.3 is 6.18 Å². The second kappa shape index (κ2) is 11.3. The summed E-state index contributed by atoms with van der Waals surface area (Å²) in [7, 11) is 0. The van der Waals surface area contributed by atoms with Crippen molar-refractivity contribution in [1.82, 2.24) is 25.3 Å². The lowest BCUT2D eigenvalue weighted by Gasteiger charge is -2.33. The van der Waals surface area contributed by atoms with Gasteiger partial charge in [-0.15, -0.1) is 11.3 Å². The van der Waals surface area contributed by atoms with Crippen molar-refractivity contribution in [3.63, 3.8) is 0 Å². The van der Waals surface area contributed by atoms with Crippen molar-refractivity contribution in [2.75, 3.05) is 5.32 Å². The SMILES string of the molecule is Cc1cc(Nc2nccc(C(F)(F)F)n2)cc(-c2cnc(C3(O)CCC(C(=O)NCc4cccnc4)CC3)s2)c1. The zero-order valence-corrected chi connectivity index (χ0v) is 22.4. The molecule has 4 aromatic rings. The molecule has 0 unspecified atom stereocenters. The topological polar surface area (TPSA) is 113 Å². The Morgan fingerprint density at radius 3 is 2.65 bits per heavy atom. The molecule has 8 nitrogen and oxygen atoms in total. The van der Waals surface area contributed by atoms with E-state index in [0.29, 0.717) is 42.9 Å². The maximum absolute atomic E-state index is 13.0. The number of hydrogen-bond acceptors (Lipinski definition) is 8. The van der Waals surface area contributed by atoms with Crippen LogP contribution >= 0.6 is 11.3 Å². The molecule has 3 aromatic heterocycles. The van der Waals surface area contributed by atoms with Crippen LogP contribution in [0.15, 0.2) is 61.2 Å². The second-order valence-electron chi connectivity index (χ2n) is 9.89. The standard InChI is InChI=1S/C28H27F3N6O2S/c1-17-11-20(13-21(12-17)36-26-33-10-6-23(37-26)28(29,30)31)22-16-35-25(40-22)27(39)7-4-19(5-8-27)24(38)34-15-18-3-2-9-32-14-18/h2-3,6,9-14,16,19,39H,4-5,7-8,15H2,1H3,(H,34,38)(H,33,36,37). The zero-order chi connectivity index (χ0) is 28.3. The predicted octanol–water partition coefficient (Wildman–Crippen LogP) is 5.76. The number of hydrogen-bond donors (Lipinski definition) is 3. The number of aryl methyl sites for hydroxylation is 1. The van der Waals surface area contributed by atoms with E-state index in [1.165, 1.54) is 11.3 Å². The van der Waals surface area contributed by atoms with Crippen LogP contribution in [0.25, 0.3) is 10.4 Å². The van der Waals surface area contributed by atoms with Crippen LogP contribution in [-0.2, 0) is 23.1 Å². The van der Waals surface area contributed by atoms with Gasteiger partial charge < -0.3 is 15.7 Å². The third-order valence-corrected chi connectivity index (χ3v) is 8.08. The van der Waals surface area contributed by atoms with Gasteiger partial charge in [0.2, 0.25) is 11.9 Å². The van der Waals surface area contributed by atoms with E-state index in [-0.39, 0.29) is 17.8 Å². The normalized spacial score (nSPS) is 19.3. The minimum absolute atomic E-state index is 0.0322. The Hall–Kier alpha value is -3.90. The van der Waals surface area contributed by atoms with Gasteiger partial charge in [-0.3, -0.25) is 9.78 Å². The molecule has 1 aromatic carbocycles. The number of alkyl halides is 3. The number of benzene rings is 1. The fourth-order valence-electron chi connectivity index (χ4n) is 4.73. The fraction of sp³-hybridized carbons (Fsp3) is 0.321.